The second-order valence-electron chi connectivity index (χ2n) is 6.80. The maximum absolute atomic E-state index is 11.6. The van der Waals surface area contributed by atoms with E-state index in [1.54, 1.807) is 6.92 Å². The molecule has 0 saturated heterocycles. The molecular formula is C15H33N3O2S. The van der Waals surface area contributed by atoms with Crippen LogP contribution in [0.15, 0.2) is 0 Å². The summed E-state index contributed by atoms with van der Waals surface area (Å²) in [5, 5.41) is 0. The fraction of sp³-hybridized carbons (Fsp3) is 1.00. The molecule has 3 atom stereocenters. The van der Waals surface area contributed by atoms with E-state index in [4.69, 9.17) is 5.84 Å². The minimum atomic E-state index is -2.89. The topological polar surface area (TPSA) is 75.4 Å². The van der Waals surface area contributed by atoms with Gasteiger partial charge in [-0.25, -0.2) is 8.42 Å². The number of rotatable bonds is 8. The van der Waals surface area contributed by atoms with Crippen molar-refractivity contribution in [2.24, 2.45) is 11.8 Å². The first-order valence-corrected chi connectivity index (χ1v) is 9.93. The zero-order valence-electron chi connectivity index (χ0n) is 14.1. The molecule has 5 nitrogen and oxygen atoms in total. The van der Waals surface area contributed by atoms with Crippen molar-refractivity contribution in [3.63, 3.8) is 0 Å². The van der Waals surface area contributed by atoms with Crippen LogP contribution in [0.4, 0.5) is 0 Å². The molecule has 21 heavy (non-hydrogen) atoms. The van der Waals surface area contributed by atoms with Crippen LogP contribution in [0.25, 0.3) is 0 Å². The minimum absolute atomic E-state index is 0.0440. The van der Waals surface area contributed by atoms with Gasteiger partial charge in [0.1, 0.15) is 9.84 Å². The van der Waals surface area contributed by atoms with Gasteiger partial charge in [0.05, 0.1) is 5.75 Å². The highest BCUT2D eigenvalue weighted by molar-refractivity contribution is 7.91. The van der Waals surface area contributed by atoms with Crippen molar-refractivity contribution < 1.29 is 8.42 Å². The number of nitrogens with one attached hydrogen (secondary N) is 1. The second kappa shape index (κ2) is 7.90. The van der Waals surface area contributed by atoms with Gasteiger partial charge in [0, 0.05) is 17.3 Å². The maximum Gasteiger partial charge on any atom is 0.150 e. The molecule has 3 N–H and O–H groups in total. The van der Waals surface area contributed by atoms with Gasteiger partial charge in [0.25, 0.3) is 0 Å². The highest BCUT2D eigenvalue weighted by Gasteiger charge is 2.43. The number of hydrogen-bond acceptors (Lipinski definition) is 5. The summed E-state index contributed by atoms with van der Waals surface area (Å²) in [6.07, 6.45) is 6.21. The molecule has 0 radical (unpaired) electrons. The number of likely N-dealkylation sites (N-methyl/N-ethyl adjacent to an activating group) is 1. The third kappa shape index (κ3) is 4.91. The lowest BCUT2D eigenvalue weighted by Gasteiger charge is -2.50. The predicted octanol–water partition coefficient (Wildman–Crippen LogP) is 1.54. The summed E-state index contributed by atoms with van der Waals surface area (Å²) in [5.41, 5.74) is 3.03. The average molecular weight is 320 g/mol. The molecule has 1 aliphatic carbocycles. The van der Waals surface area contributed by atoms with E-state index in [9.17, 15) is 8.42 Å². The minimum Gasteiger partial charge on any atom is -0.302 e. The van der Waals surface area contributed by atoms with Crippen molar-refractivity contribution in [2.75, 3.05) is 25.6 Å². The molecule has 6 heteroatoms. The Balaban J connectivity index is 2.74. The summed E-state index contributed by atoms with van der Waals surface area (Å²) < 4.78 is 23.3. The van der Waals surface area contributed by atoms with E-state index in [1.165, 1.54) is 12.8 Å². The van der Waals surface area contributed by atoms with E-state index in [1.807, 2.05) is 0 Å². The van der Waals surface area contributed by atoms with E-state index < -0.39 is 9.84 Å². The quantitative estimate of drug-likeness (QED) is 0.524. The van der Waals surface area contributed by atoms with Gasteiger partial charge in [0.15, 0.2) is 0 Å². The Hall–Kier alpha value is -0.170. The van der Waals surface area contributed by atoms with Gasteiger partial charge in [-0.2, -0.15) is 0 Å². The monoisotopic (exact) mass is 319 g/mol. The van der Waals surface area contributed by atoms with Crippen LogP contribution in [-0.4, -0.2) is 50.5 Å². The fourth-order valence-electron chi connectivity index (χ4n) is 3.76. The smallest absolute Gasteiger partial charge is 0.150 e. The molecule has 1 aliphatic rings. The van der Waals surface area contributed by atoms with Crippen LogP contribution >= 0.6 is 0 Å². The highest BCUT2D eigenvalue weighted by atomic mass is 32.2. The molecule has 0 aromatic heterocycles. The molecule has 0 amide bonds. The summed E-state index contributed by atoms with van der Waals surface area (Å²) in [5.74, 6) is 7.01. The van der Waals surface area contributed by atoms with Crippen LogP contribution in [0.1, 0.15) is 52.4 Å². The van der Waals surface area contributed by atoms with Crippen LogP contribution in [0.2, 0.25) is 0 Å². The summed E-state index contributed by atoms with van der Waals surface area (Å²) >= 11 is 0. The second-order valence-corrected chi connectivity index (χ2v) is 9.27. The van der Waals surface area contributed by atoms with E-state index in [-0.39, 0.29) is 23.1 Å². The van der Waals surface area contributed by atoms with Gasteiger partial charge in [-0.3, -0.25) is 11.3 Å². The number of nitrogens with two attached hydrogens (primary N) is 1. The predicted molar refractivity (Wildman–Crippen MR) is 88.7 cm³/mol. The Morgan fingerprint density at radius 2 is 2.10 bits per heavy atom. The molecule has 3 unspecified atom stereocenters. The lowest BCUT2D eigenvalue weighted by Crippen LogP contribution is -2.62. The summed E-state index contributed by atoms with van der Waals surface area (Å²) in [6.45, 7) is 4.00. The molecule has 0 aromatic carbocycles. The molecule has 0 heterocycles. The average Bonchev–Trinajstić information content (AvgIpc) is 2.43. The Bertz CT molecular complexity index is 411. The van der Waals surface area contributed by atoms with Gasteiger partial charge in [-0.15, -0.1) is 0 Å². The molecule has 0 aliphatic heterocycles. The number of nitrogens with zero attached hydrogens (tertiary/aromatic N) is 1. The van der Waals surface area contributed by atoms with Crippen LogP contribution in [0, 0.1) is 5.92 Å². The molecule has 0 bridgehead atoms. The van der Waals surface area contributed by atoms with Gasteiger partial charge >= 0.3 is 0 Å². The standard InChI is InChI=1S/C15H33N3O2S/c1-5-21(19,20)11-7-9-14(17-16)15(18(3)4)10-6-8-13(2)12-15/h13-14,17H,5-12,16H2,1-4H3. The lowest BCUT2D eigenvalue weighted by molar-refractivity contribution is 0.0341. The zero-order chi connectivity index (χ0) is 16.1. The van der Waals surface area contributed by atoms with Gasteiger partial charge in [-0.1, -0.05) is 26.7 Å². The summed E-state index contributed by atoms with van der Waals surface area (Å²) in [7, 11) is 1.35. The Kier molecular flexibility index (Phi) is 7.10. The van der Waals surface area contributed by atoms with Crippen molar-refractivity contribution in [2.45, 2.75) is 64.0 Å². The van der Waals surface area contributed by atoms with Gasteiger partial charge < -0.3 is 4.90 Å². The third-order valence-corrected chi connectivity index (χ3v) is 6.93. The Morgan fingerprint density at radius 1 is 1.43 bits per heavy atom. The zero-order valence-corrected chi connectivity index (χ0v) is 14.9. The summed E-state index contributed by atoms with van der Waals surface area (Å²) in [4.78, 5) is 2.29. The number of sulfone groups is 1. The Morgan fingerprint density at radius 3 is 2.57 bits per heavy atom. The van der Waals surface area contributed by atoms with Crippen molar-refractivity contribution in [3.05, 3.63) is 0 Å². The number of hydrogen-bond donors (Lipinski definition) is 2. The molecule has 126 valence electrons. The fourth-order valence-corrected chi connectivity index (χ4v) is 4.65. The first-order chi connectivity index (χ1) is 9.77. The first-order valence-electron chi connectivity index (χ1n) is 8.11. The van der Waals surface area contributed by atoms with Gasteiger partial charge in [0.2, 0.25) is 0 Å². The normalized spacial score (nSPS) is 28.8. The van der Waals surface area contributed by atoms with Crippen molar-refractivity contribution in [1.29, 1.82) is 0 Å². The van der Waals surface area contributed by atoms with Crippen LogP contribution in [-0.2, 0) is 9.84 Å². The molecule has 1 saturated carbocycles. The molecule has 0 aromatic rings. The van der Waals surface area contributed by atoms with Crippen molar-refractivity contribution in [1.82, 2.24) is 10.3 Å². The van der Waals surface area contributed by atoms with Crippen LogP contribution in [0.5, 0.6) is 0 Å². The van der Waals surface area contributed by atoms with E-state index in [2.05, 4.69) is 31.3 Å². The summed E-state index contributed by atoms with van der Waals surface area (Å²) in [6, 6.07) is 0.141. The van der Waals surface area contributed by atoms with Crippen LogP contribution in [0.3, 0.4) is 0 Å². The van der Waals surface area contributed by atoms with Crippen LogP contribution < -0.4 is 11.3 Å². The van der Waals surface area contributed by atoms with Crippen molar-refractivity contribution >= 4 is 9.84 Å². The maximum atomic E-state index is 11.6. The van der Waals surface area contributed by atoms with E-state index in [0.29, 0.717) is 12.3 Å². The molecule has 1 fully saturated rings. The molecule has 0 spiro atoms. The SMILES string of the molecule is CCS(=O)(=O)CCCC(NN)C1(N(C)C)CCCC(C)C1. The lowest BCUT2D eigenvalue weighted by atomic mass is 9.70. The van der Waals surface area contributed by atoms with E-state index >= 15 is 0 Å². The van der Waals surface area contributed by atoms with Crippen molar-refractivity contribution in [3.8, 4) is 0 Å². The molecular weight excluding hydrogens is 286 g/mol. The first kappa shape index (κ1) is 18.9. The highest BCUT2D eigenvalue weighted by Crippen LogP contribution is 2.39. The Labute approximate surface area is 130 Å². The van der Waals surface area contributed by atoms with Gasteiger partial charge in [-0.05, 0) is 45.7 Å². The largest absolute Gasteiger partial charge is 0.302 e. The molecule has 1 rings (SSSR count). The third-order valence-electron chi connectivity index (χ3n) is 5.14. The van der Waals surface area contributed by atoms with E-state index in [0.717, 1.165) is 19.3 Å². The number of hydrazine groups is 1.